The number of methoxy groups -OCH3 is 1. The summed E-state index contributed by atoms with van der Waals surface area (Å²) in [5.41, 5.74) is 1.11. The SMILES string of the molecule is CCCC(NC(=O)CN1C(=O)N(c2ccc(CO)cc2)C(CC)(CC)C1=O)c1cccc(OC)c1. The van der Waals surface area contributed by atoms with Gasteiger partial charge in [-0.15, -0.1) is 0 Å². The normalized spacial score (nSPS) is 15.9. The number of hydrogen-bond acceptors (Lipinski definition) is 5. The van der Waals surface area contributed by atoms with Crippen molar-refractivity contribution < 1.29 is 24.2 Å². The molecule has 2 aromatic carbocycles. The van der Waals surface area contributed by atoms with Gasteiger partial charge in [-0.05, 0) is 54.7 Å². The largest absolute Gasteiger partial charge is 0.497 e. The van der Waals surface area contributed by atoms with Gasteiger partial charge in [-0.25, -0.2) is 4.79 Å². The number of benzene rings is 2. The zero-order valence-electron chi connectivity index (χ0n) is 20.9. The van der Waals surface area contributed by atoms with E-state index in [1.807, 2.05) is 45.0 Å². The molecule has 2 aromatic rings. The van der Waals surface area contributed by atoms with Crippen molar-refractivity contribution >= 4 is 23.5 Å². The van der Waals surface area contributed by atoms with Crippen molar-refractivity contribution in [1.29, 1.82) is 0 Å². The number of ether oxygens (including phenoxy) is 1. The Balaban J connectivity index is 1.84. The van der Waals surface area contributed by atoms with Crippen LogP contribution in [0.4, 0.5) is 10.5 Å². The molecule has 2 N–H and O–H groups in total. The van der Waals surface area contributed by atoms with Crippen molar-refractivity contribution in [3.63, 3.8) is 0 Å². The maximum atomic E-state index is 13.5. The predicted molar refractivity (Wildman–Crippen MR) is 134 cm³/mol. The zero-order valence-corrected chi connectivity index (χ0v) is 20.9. The molecule has 3 rings (SSSR count). The Bertz CT molecular complexity index is 1050. The second-order valence-electron chi connectivity index (χ2n) is 8.76. The van der Waals surface area contributed by atoms with E-state index in [1.54, 1.807) is 31.4 Å². The van der Waals surface area contributed by atoms with E-state index in [0.29, 0.717) is 36.3 Å². The van der Waals surface area contributed by atoms with Crippen LogP contribution in [-0.2, 0) is 16.2 Å². The minimum Gasteiger partial charge on any atom is -0.497 e. The number of aliphatic hydroxyl groups excluding tert-OH is 1. The highest BCUT2D eigenvalue weighted by atomic mass is 16.5. The minimum absolute atomic E-state index is 0.113. The lowest BCUT2D eigenvalue weighted by molar-refractivity contribution is -0.135. The van der Waals surface area contributed by atoms with E-state index < -0.39 is 17.5 Å². The lowest BCUT2D eigenvalue weighted by Crippen LogP contribution is -2.49. The molecule has 8 nitrogen and oxygen atoms in total. The van der Waals surface area contributed by atoms with Crippen molar-refractivity contribution in [3.8, 4) is 5.75 Å². The molecule has 0 saturated carbocycles. The van der Waals surface area contributed by atoms with Crippen LogP contribution in [0.15, 0.2) is 48.5 Å². The molecule has 0 aliphatic carbocycles. The Labute approximate surface area is 206 Å². The van der Waals surface area contributed by atoms with Gasteiger partial charge in [0, 0.05) is 5.69 Å². The lowest BCUT2D eigenvalue weighted by atomic mass is 9.90. The summed E-state index contributed by atoms with van der Waals surface area (Å²) in [4.78, 5) is 42.7. The molecule has 1 atom stereocenters. The van der Waals surface area contributed by atoms with Gasteiger partial charge in [0.25, 0.3) is 5.91 Å². The number of urea groups is 1. The Morgan fingerprint density at radius 3 is 2.34 bits per heavy atom. The van der Waals surface area contributed by atoms with Crippen LogP contribution < -0.4 is 15.0 Å². The van der Waals surface area contributed by atoms with E-state index in [-0.39, 0.29) is 25.1 Å². The van der Waals surface area contributed by atoms with E-state index in [0.717, 1.165) is 16.9 Å². The fourth-order valence-electron chi connectivity index (χ4n) is 4.71. The first kappa shape index (κ1) is 26.2. The highest BCUT2D eigenvalue weighted by Gasteiger charge is 2.56. The molecule has 4 amide bonds. The summed E-state index contributed by atoms with van der Waals surface area (Å²) in [5, 5.41) is 12.4. The number of imide groups is 1. The van der Waals surface area contributed by atoms with E-state index >= 15 is 0 Å². The topological polar surface area (TPSA) is 99.2 Å². The summed E-state index contributed by atoms with van der Waals surface area (Å²) >= 11 is 0. The number of amides is 4. The van der Waals surface area contributed by atoms with Gasteiger partial charge >= 0.3 is 6.03 Å². The van der Waals surface area contributed by atoms with Gasteiger partial charge in [0.1, 0.15) is 17.8 Å². The number of hydrogen-bond donors (Lipinski definition) is 2. The molecule has 1 aliphatic rings. The summed E-state index contributed by atoms with van der Waals surface area (Å²) in [7, 11) is 1.59. The smallest absolute Gasteiger partial charge is 0.332 e. The van der Waals surface area contributed by atoms with Gasteiger partial charge in [0.15, 0.2) is 0 Å². The van der Waals surface area contributed by atoms with Gasteiger partial charge in [0.05, 0.1) is 19.8 Å². The lowest BCUT2D eigenvalue weighted by Gasteiger charge is -2.33. The summed E-state index contributed by atoms with van der Waals surface area (Å²) in [6.07, 6.45) is 2.38. The monoisotopic (exact) mass is 481 g/mol. The third-order valence-electron chi connectivity index (χ3n) is 6.75. The van der Waals surface area contributed by atoms with E-state index in [4.69, 9.17) is 4.74 Å². The highest BCUT2D eigenvalue weighted by Crippen LogP contribution is 2.38. The number of rotatable bonds is 11. The fourth-order valence-corrected chi connectivity index (χ4v) is 4.71. The third-order valence-corrected chi connectivity index (χ3v) is 6.75. The van der Waals surface area contributed by atoms with Gasteiger partial charge in [-0.1, -0.05) is 51.5 Å². The van der Waals surface area contributed by atoms with Crippen molar-refractivity contribution in [2.45, 2.75) is 64.6 Å². The molecule has 0 radical (unpaired) electrons. The van der Waals surface area contributed by atoms with Gasteiger partial charge in [0.2, 0.25) is 5.91 Å². The van der Waals surface area contributed by atoms with Crippen LogP contribution in [0, 0.1) is 0 Å². The number of carbonyl (C=O) groups is 3. The number of nitrogens with zero attached hydrogens (tertiary/aromatic N) is 2. The fraction of sp³-hybridized carbons (Fsp3) is 0.444. The molecule has 0 aromatic heterocycles. The van der Waals surface area contributed by atoms with Crippen LogP contribution in [0.3, 0.4) is 0 Å². The van der Waals surface area contributed by atoms with Crippen LogP contribution in [0.2, 0.25) is 0 Å². The molecule has 35 heavy (non-hydrogen) atoms. The molecule has 1 unspecified atom stereocenters. The molecular weight excluding hydrogens is 446 g/mol. The highest BCUT2D eigenvalue weighted by molar-refractivity contribution is 6.18. The molecular formula is C27H35N3O5. The zero-order chi connectivity index (χ0) is 25.6. The van der Waals surface area contributed by atoms with Crippen molar-refractivity contribution in [1.82, 2.24) is 10.2 Å². The maximum absolute atomic E-state index is 13.5. The minimum atomic E-state index is -1.06. The standard InChI is InChI=1S/C27H35N3O5/c1-5-9-23(20-10-8-11-22(16-20)35-4)28-24(32)17-29-25(33)27(6-2,7-3)30(26(29)34)21-14-12-19(18-31)13-15-21/h8,10-16,23,31H,5-7,9,17-18H2,1-4H3,(H,28,32). The molecule has 0 bridgehead atoms. The number of anilines is 1. The van der Waals surface area contributed by atoms with E-state index in [2.05, 4.69) is 5.32 Å². The Hall–Kier alpha value is -3.39. The first-order valence-electron chi connectivity index (χ1n) is 12.1. The van der Waals surface area contributed by atoms with E-state index in [9.17, 15) is 19.5 Å². The molecule has 1 fully saturated rings. The molecule has 1 saturated heterocycles. The van der Waals surface area contributed by atoms with Crippen LogP contribution in [-0.4, -0.2) is 47.0 Å². The Morgan fingerprint density at radius 1 is 1.09 bits per heavy atom. The molecule has 1 aliphatic heterocycles. The molecule has 0 spiro atoms. The van der Waals surface area contributed by atoms with Crippen LogP contribution >= 0.6 is 0 Å². The first-order valence-corrected chi connectivity index (χ1v) is 12.1. The Kier molecular flexibility index (Phi) is 8.51. The number of aliphatic hydroxyl groups is 1. The van der Waals surface area contributed by atoms with Crippen LogP contribution in [0.1, 0.15) is 63.6 Å². The second kappa shape index (κ2) is 11.4. The second-order valence-corrected chi connectivity index (χ2v) is 8.76. The maximum Gasteiger partial charge on any atom is 0.332 e. The molecule has 1 heterocycles. The summed E-state index contributed by atoms with van der Waals surface area (Å²) in [6.45, 7) is 5.30. The van der Waals surface area contributed by atoms with Crippen molar-refractivity contribution in [2.75, 3.05) is 18.6 Å². The first-order chi connectivity index (χ1) is 16.8. The number of nitrogens with one attached hydrogen (secondary N) is 1. The van der Waals surface area contributed by atoms with Crippen molar-refractivity contribution in [3.05, 3.63) is 59.7 Å². The summed E-state index contributed by atoms with van der Waals surface area (Å²) in [6, 6.07) is 13.6. The van der Waals surface area contributed by atoms with Gasteiger partial charge in [-0.2, -0.15) is 0 Å². The predicted octanol–water partition coefficient (Wildman–Crippen LogP) is 4.17. The Morgan fingerprint density at radius 2 is 1.77 bits per heavy atom. The summed E-state index contributed by atoms with van der Waals surface area (Å²) in [5.74, 6) is -0.0739. The van der Waals surface area contributed by atoms with Crippen LogP contribution in [0.5, 0.6) is 5.75 Å². The van der Waals surface area contributed by atoms with Crippen LogP contribution in [0.25, 0.3) is 0 Å². The van der Waals surface area contributed by atoms with E-state index in [1.165, 1.54) is 4.90 Å². The number of carbonyl (C=O) groups excluding carboxylic acids is 3. The van der Waals surface area contributed by atoms with Gasteiger partial charge < -0.3 is 15.2 Å². The summed E-state index contributed by atoms with van der Waals surface area (Å²) < 4.78 is 5.31. The quantitative estimate of drug-likeness (QED) is 0.469. The van der Waals surface area contributed by atoms with Gasteiger partial charge in [-0.3, -0.25) is 19.4 Å². The average molecular weight is 482 g/mol. The molecule has 188 valence electrons. The van der Waals surface area contributed by atoms with Crippen molar-refractivity contribution in [2.24, 2.45) is 0 Å². The molecule has 8 heteroatoms. The average Bonchev–Trinajstić information content (AvgIpc) is 3.09. The third kappa shape index (κ3) is 5.17.